The molecule has 2 aromatic carbocycles. The van der Waals surface area contributed by atoms with Crippen molar-refractivity contribution in [1.82, 2.24) is 4.98 Å². The zero-order chi connectivity index (χ0) is 35.3. The molecule has 1 saturated heterocycles. The van der Waals surface area contributed by atoms with Gasteiger partial charge in [-0.15, -0.1) is 0 Å². The Morgan fingerprint density at radius 1 is 1.12 bits per heavy atom. The van der Waals surface area contributed by atoms with E-state index in [9.17, 15) is 31.2 Å². The van der Waals surface area contributed by atoms with E-state index in [1.165, 1.54) is 12.1 Å². The van der Waals surface area contributed by atoms with Gasteiger partial charge in [0.2, 0.25) is 5.88 Å². The average molecular weight is 710 g/mol. The van der Waals surface area contributed by atoms with E-state index < -0.39 is 38.8 Å². The second kappa shape index (κ2) is 12.7. The van der Waals surface area contributed by atoms with Crippen LogP contribution in [-0.2, 0) is 10.1 Å². The van der Waals surface area contributed by atoms with Gasteiger partial charge in [-0.05, 0) is 74.9 Å². The summed E-state index contributed by atoms with van der Waals surface area (Å²) in [6.45, 7) is 11.2. The molecule has 0 saturated carbocycles. The van der Waals surface area contributed by atoms with E-state index in [4.69, 9.17) is 16.0 Å². The van der Waals surface area contributed by atoms with Crippen LogP contribution in [0.1, 0.15) is 66.7 Å². The molecule has 0 bridgehead atoms. The molecule has 15 heteroatoms. The number of hydrogen-bond acceptors (Lipinski definition) is 9. The summed E-state index contributed by atoms with van der Waals surface area (Å²) in [5.41, 5.74) is -4.94. The second-order valence-corrected chi connectivity index (χ2v) is 14.5. The molecule has 0 radical (unpaired) electrons. The SMILES string of the molecule is Cc1cc(C(C)Nc2ccc(Cl)nc2-c2ccc(OS(=O)(=O)C(F)(F)F)c(C=O)c2F)c2oc(N3CCC(C)(C)CC3)c(C)c(=O)c2c1. The number of carbonyl (C=O) groups is 1. The van der Waals surface area contributed by atoms with Crippen LogP contribution in [0.5, 0.6) is 5.75 Å². The molecule has 1 aliphatic heterocycles. The van der Waals surface area contributed by atoms with Gasteiger partial charge in [0.1, 0.15) is 16.6 Å². The van der Waals surface area contributed by atoms with Gasteiger partial charge in [0.05, 0.1) is 33.9 Å². The molecule has 48 heavy (non-hydrogen) atoms. The van der Waals surface area contributed by atoms with Crippen LogP contribution in [0, 0.1) is 25.1 Å². The summed E-state index contributed by atoms with van der Waals surface area (Å²) in [6.07, 6.45) is 1.68. The number of carbonyl (C=O) groups excluding carboxylic acids is 1. The van der Waals surface area contributed by atoms with Crippen molar-refractivity contribution in [3.8, 4) is 17.0 Å². The predicted octanol–water partition coefficient (Wildman–Crippen LogP) is 8.10. The lowest BCUT2D eigenvalue weighted by Gasteiger charge is -2.37. The molecule has 0 aliphatic carbocycles. The summed E-state index contributed by atoms with van der Waals surface area (Å²) in [7, 11) is -6.19. The van der Waals surface area contributed by atoms with Gasteiger partial charge >= 0.3 is 15.6 Å². The minimum Gasteiger partial charge on any atom is -0.440 e. The molecule has 4 aromatic rings. The van der Waals surface area contributed by atoms with Gasteiger partial charge in [-0.3, -0.25) is 9.59 Å². The molecule has 5 rings (SSSR count). The van der Waals surface area contributed by atoms with Gasteiger partial charge in [-0.25, -0.2) is 9.37 Å². The lowest BCUT2D eigenvalue weighted by molar-refractivity contribution is -0.0500. The molecule has 1 N–H and O–H groups in total. The first kappa shape index (κ1) is 35.1. The summed E-state index contributed by atoms with van der Waals surface area (Å²) in [5, 5.41) is 3.54. The van der Waals surface area contributed by atoms with Crippen molar-refractivity contribution in [2.75, 3.05) is 23.3 Å². The minimum atomic E-state index is -6.19. The molecule has 0 amide bonds. The third kappa shape index (κ3) is 6.73. The van der Waals surface area contributed by atoms with E-state index in [0.29, 0.717) is 28.0 Å². The van der Waals surface area contributed by atoms with Gasteiger partial charge in [-0.2, -0.15) is 21.6 Å². The van der Waals surface area contributed by atoms with E-state index in [2.05, 4.69) is 33.2 Å². The summed E-state index contributed by atoms with van der Waals surface area (Å²) in [5.74, 6) is -2.05. The summed E-state index contributed by atoms with van der Waals surface area (Å²) < 4.78 is 88.1. The number of nitrogens with one attached hydrogen (secondary N) is 1. The van der Waals surface area contributed by atoms with Crippen LogP contribution >= 0.6 is 11.6 Å². The number of benzene rings is 2. The zero-order valence-electron chi connectivity index (χ0n) is 26.6. The monoisotopic (exact) mass is 709 g/mol. The average Bonchev–Trinajstić information content (AvgIpc) is 2.99. The fraction of sp³-hybridized carbons (Fsp3) is 0.364. The van der Waals surface area contributed by atoms with Crippen LogP contribution in [0.4, 0.5) is 29.1 Å². The van der Waals surface area contributed by atoms with Gasteiger partial charge < -0.3 is 18.8 Å². The highest BCUT2D eigenvalue weighted by Gasteiger charge is 2.49. The number of alkyl halides is 3. The lowest BCUT2D eigenvalue weighted by Crippen LogP contribution is -2.38. The summed E-state index contributed by atoms with van der Waals surface area (Å²) in [6, 6.07) is 7.55. The number of fused-ring (bicyclic) bond motifs is 1. The van der Waals surface area contributed by atoms with Gasteiger partial charge in [0.15, 0.2) is 17.5 Å². The van der Waals surface area contributed by atoms with E-state index in [1.54, 1.807) is 19.9 Å². The van der Waals surface area contributed by atoms with Crippen molar-refractivity contribution >= 4 is 50.5 Å². The number of nitrogens with zero attached hydrogens (tertiary/aromatic N) is 2. The normalized spacial score (nSPS) is 15.8. The summed E-state index contributed by atoms with van der Waals surface area (Å²) in [4.78, 5) is 31.7. The Bertz CT molecular complexity index is 2090. The van der Waals surface area contributed by atoms with Crippen LogP contribution in [0.3, 0.4) is 0 Å². The van der Waals surface area contributed by atoms with Crippen molar-refractivity contribution in [3.63, 3.8) is 0 Å². The highest BCUT2D eigenvalue weighted by Crippen LogP contribution is 2.39. The van der Waals surface area contributed by atoms with E-state index >= 15 is 4.39 Å². The number of hydrogen-bond donors (Lipinski definition) is 1. The third-order valence-electron chi connectivity index (χ3n) is 8.47. The molecule has 3 heterocycles. The minimum absolute atomic E-state index is 0.0768. The highest BCUT2D eigenvalue weighted by molar-refractivity contribution is 7.88. The van der Waals surface area contributed by atoms with Crippen LogP contribution in [-0.4, -0.2) is 38.3 Å². The Morgan fingerprint density at radius 3 is 2.42 bits per heavy atom. The Morgan fingerprint density at radius 2 is 1.79 bits per heavy atom. The standard InChI is InChI=1S/C33H32ClF4N3O6S/c1-17-14-21(30-22(15-17)29(43)18(2)31(46-30)41-12-10-32(4,5)11-13-41)19(3)39-24-7-9-26(34)40-28(24)20-6-8-25(23(16-42)27(20)35)47-48(44,45)33(36,37)38/h6-9,14-16,19,39H,10-13H2,1-5H3. The number of aromatic nitrogens is 1. The first-order valence-corrected chi connectivity index (χ1v) is 16.7. The fourth-order valence-corrected chi connectivity index (χ4v) is 6.29. The van der Waals surface area contributed by atoms with E-state index in [1.807, 2.05) is 13.0 Å². The largest absolute Gasteiger partial charge is 0.534 e. The molecule has 1 aliphatic rings. The molecule has 1 unspecified atom stereocenters. The molecule has 9 nitrogen and oxygen atoms in total. The molecule has 2 aromatic heterocycles. The number of halogens is 5. The maximum absolute atomic E-state index is 15.7. The first-order valence-electron chi connectivity index (χ1n) is 14.9. The number of rotatable bonds is 8. The maximum Gasteiger partial charge on any atom is 0.534 e. The Balaban J connectivity index is 1.57. The van der Waals surface area contributed by atoms with Crippen molar-refractivity contribution in [1.29, 1.82) is 0 Å². The third-order valence-corrected chi connectivity index (χ3v) is 9.64. The maximum atomic E-state index is 15.7. The molecule has 1 fully saturated rings. The van der Waals surface area contributed by atoms with Crippen LogP contribution in [0.2, 0.25) is 5.15 Å². The Hall–Kier alpha value is -4.17. The summed E-state index contributed by atoms with van der Waals surface area (Å²) >= 11 is 6.14. The quantitative estimate of drug-likeness (QED) is 0.0636. The van der Waals surface area contributed by atoms with Gasteiger partial charge in [0, 0.05) is 24.2 Å². The lowest BCUT2D eigenvalue weighted by atomic mass is 9.82. The number of piperidine rings is 1. The topological polar surface area (TPSA) is 119 Å². The first-order chi connectivity index (χ1) is 22.3. The second-order valence-electron chi connectivity index (χ2n) is 12.6. The van der Waals surface area contributed by atoms with Crippen molar-refractivity contribution in [2.24, 2.45) is 5.41 Å². The number of aldehydes is 1. The van der Waals surface area contributed by atoms with Gasteiger partial charge in [0.25, 0.3) is 0 Å². The van der Waals surface area contributed by atoms with Crippen LogP contribution in [0.25, 0.3) is 22.2 Å². The predicted molar refractivity (Wildman–Crippen MR) is 175 cm³/mol. The highest BCUT2D eigenvalue weighted by atomic mass is 35.5. The van der Waals surface area contributed by atoms with Crippen LogP contribution in [0.15, 0.2) is 45.6 Å². The molecule has 1 atom stereocenters. The fourth-order valence-electron chi connectivity index (χ4n) is 5.67. The van der Waals surface area contributed by atoms with E-state index in [-0.39, 0.29) is 39.2 Å². The molecular formula is C33H32ClF4N3O6S. The Labute approximate surface area is 279 Å². The van der Waals surface area contributed by atoms with E-state index in [0.717, 1.165) is 43.6 Å². The Kier molecular flexibility index (Phi) is 9.30. The molecular weight excluding hydrogens is 678 g/mol. The van der Waals surface area contributed by atoms with Crippen LogP contribution < -0.4 is 19.8 Å². The van der Waals surface area contributed by atoms with Crippen molar-refractivity contribution in [3.05, 3.63) is 79.8 Å². The van der Waals surface area contributed by atoms with Gasteiger partial charge in [-0.1, -0.05) is 31.5 Å². The smallest absolute Gasteiger partial charge is 0.440 e. The number of anilines is 2. The number of aryl methyl sites for hydroxylation is 1. The number of pyridine rings is 1. The van der Waals surface area contributed by atoms with Crippen molar-refractivity contribution < 1.29 is 39.4 Å². The van der Waals surface area contributed by atoms with Crippen molar-refractivity contribution in [2.45, 2.75) is 59.0 Å². The zero-order valence-corrected chi connectivity index (χ0v) is 28.2. The molecule has 256 valence electrons. The molecule has 0 spiro atoms.